The van der Waals surface area contributed by atoms with Gasteiger partial charge < -0.3 is 10.2 Å². The van der Waals surface area contributed by atoms with Gasteiger partial charge in [-0.15, -0.1) is 0 Å². The normalized spacial score (nSPS) is 12.1. The van der Waals surface area contributed by atoms with Crippen LogP contribution in [0.3, 0.4) is 0 Å². The minimum atomic E-state index is -4.00. The molecule has 2 rings (SSSR count). The molecular weight excluding hydrogens is 444 g/mol. The third kappa shape index (κ3) is 16.5. The Morgan fingerprint density at radius 3 is 1.03 bits per heavy atom. The Bertz CT molecular complexity index is 876. The highest BCUT2D eigenvalue weighted by atomic mass is 32.2. The summed E-state index contributed by atoms with van der Waals surface area (Å²) in [6.45, 7) is 7.16. The van der Waals surface area contributed by atoms with Crippen molar-refractivity contribution in [1.82, 2.24) is 0 Å². The summed E-state index contributed by atoms with van der Waals surface area (Å²) in [5, 5.41) is 18.7. The first-order valence-corrected chi connectivity index (χ1v) is 12.3. The molecule has 0 saturated carbocycles. The molecule has 4 N–H and O–H groups in total. The van der Waals surface area contributed by atoms with Gasteiger partial charge in [-0.3, -0.25) is 9.11 Å². The monoisotopic (exact) mass is 476 g/mol. The molecule has 0 bridgehead atoms. The molecule has 0 amide bonds. The zero-order chi connectivity index (χ0) is 24.3. The smallest absolute Gasteiger partial charge is 0.294 e. The van der Waals surface area contributed by atoms with E-state index in [2.05, 4.69) is 0 Å². The predicted molar refractivity (Wildman–Crippen MR) is 119 cm³/mol. The minimum Gasteiger partial charge on any atom is -0.390 e. The largest absolute Gasteiger partial charge is 0.390 e. The van der Waals surface area contributed by atoms with Gasteiger partial charge in [0.15, 0.2) is 0 Å². The molecule has 2 aromatic rings. The van der Waals surface area contributed by atoms with Gasteiger partial charge in [0.2, 0.25) is 0 Å². The lowest BCUT2D eigenvalue weighted by molar-refractivity contribution is 0.0412. The molecule has 0 heterocycles. The van der Waals surface area contributed by atoms with Crippen molar-refractivity contribution < 1.29 is 36.2 Å². The minimum absolute atomic E-state index is 0.0741. The van der Waals surface area contributed by atoms with Gasteiger partial charge in [-0.25, -0.2) is 0 Å². The lowest BCUT2D eigenvalue weighted by atomic mass is 9.95. The first-order chi connectivity index (χ1) is 13.9. The summed E-state index contributed by atoms with van der Waals surface area (Å²) in [5.74, 6) is 0. The van der Waals surface area contributed by atoms with Crippen LogP contribution in [-0.2, 0) is 20.2 Å². The summed E-state index contributed by atoms with van der Waals surface area (Å²) in [5.41, 5.74) is -1.18. The quantitative estimate of drug-likeness (QED) is 0.462. The van der Waals surface area contributed by atoms with Gasteiger partial charge in [-0.2, -0.15) is 16.8 Å². The van der Waals surface area contributed by atoms with Crippen molar-refractivity contribution in [2.75, 3.05) is 0 Å². The van der Waals surface area contributed by atoms with Crippen molar-refractivity contribution in [3.63, 3.8) is 0 Å². The highest BCUT2D eigenvalue weighted by molar-refractivity contribution is 7.86. The molecule has 2 aromatic carbocycles. The average Bonchev–Trinajstić information content (AvgIpc) is 2.61. The highest BCUT2D eigenvalue weighted by Gasteiger charge is 2.16. The second-order valence-electron chi connectivity index (χ2n) is 8.05. The van der Waals surface area contributed by atoms with Crippen molar-refractivity contribution in [2.45, 2.75) is 68.0 Å². The standard InChI is InChI=1S/C9H20O2.2C6H6O3S/c1-8(2,10)6-5-7-9(3,4)11;2*7-10(8,9)6-4-2-1-3-5-6/h10-11H,5-7H2,1-4H3;2*1-5H,(H,7,8,9). The second kappa shape index (κ2) is 12.3. The topological polar surface area (TPSA) is 149 Å². The zero-order valence-electron chi connectivity index (χ0n) is 18.1. The second-order valence-corrected chi connectivity index (χ2v) is 10.9. The molecule has 0 aliphatic carbocycles. The summed E-state index contributed by atoms with van der Waals surface area (Å²) in [7, 11) is -8.01. The van der Waals surface area contributed by atoms with Gasteiger partial charge >= 0.3 is 0 Å². The fraction of sp³-hybridized carbons (Fsp3) is 0.429. The molecule has 0 aromatic heterocycles. The number of hydrogen-bond donors (Lipinski definition) is 4. The Hall–Kier alpha value is -1.82. The molecule has 31 heavy (non-hydrogen) atoms. The van der Waals surface area contributed by atoms with E-state index in [-0.39, 0.29) is 9.79 Å². The first kappa shape index (κ1) is 29.2. The zero-order valence-corrected chi connectivity index (χ0v) is 19.8. The van der Waals surface area contributed by atoms with E-state index in [4.69, 9.17) is 9.11 Å². The van der Waals surface area contributed by atoms with Crippen LogP contribution in [0.4, 0.5) is 0 Å². The van der Waals surface area contributed by atoms with Gasteiger partial charge in [-0.05, 0) is 71.2 Å². The molecule has 0 atom stereocenters. The van der Waals surface area contributed by atoms with Crippen molar-refractivity contribution in [1.29, 1.82) is 0 Å². The summed E-state index contributed by atoms with van der Waals surface area (Å²) < 4.78 is 58.5. The molecule has 0 saturated heterocycles. The van der Waals surface area contributed by atoms with E-state index in [0.717, 1.165) is 19.3 Å². The van der Waals surface area contributed by atoms with Crippen LogP contribution in [-0.4, -0.2) is 47.4 Å². The predicted octanol–water partition coefficient (Wildman–Crippen LogP) is 3.57. The van der Waals surface area contributed by atoms with E-state index >= 15 is 0 Å². The molecule has 0 aliphatic heterocycles. The van der Waals surface area contributed by atoms with Crippen LogP contribution in [0.2, 0.25) is 0 Å². The van der Waals surface area contributed by atoms with E-state index in [1.165, 1.54) is 24.3 Å². The number of benzene rings is 2. The third-order valence-corrected chi connectivity index (χ3v) is 5.40. The lowest BCUT2D eigenvalue weighted by Crippen LogP contribution is -2.22. The summed E-state index contributed by atoms with van der Waals surface area (Å²) in [6, 6.07) is 14.8. The SMILES string of the molecule is CC(C)(O)CCCC(C)(C)O.O=S(=O)(O)c1ccccc1.O=S(=O)(O)c1ccccc1. The number of hydrogen-bond acceptors (Lipinski definition) is 6. The Labute approximate surface area is 185 Å². The Balaban J connectivity index is 0.000000436. The fourth-order valence-corrected chi connectivity index (χ4v) is 3.14. The summed E-state index contributed by atoms with van der Waals surface area (Å²) in [4.78, 5) is -0.148. The highest BCUT2D eigenvalue weighted by Crippen LogP contribution is 2.17. The Morgan fingerprint density at radius 1 is 0.613 bits per heavy atom. The van der Waals surface area contributed by atoms with Crippen LogP contribution in [0.1, 0.15) is 47.0 Å². The molecule has 0 aliphatic rings. The van der Waals surface area contributed by atoms with Crippen LogP contribution in [0.15, 0.2) is 70.5 Å². The Morgan fingerprint density at radius 2 is 0.871 bits per heavy atom. The maximum atomic E-state index is 10.4. The molecule has 176 valence electrons. The Kier molecular flexibility index (Phi) is 11.6. The number of rotatable bonds is 6. The first-order valence-electron chi connectivity index (χ1n) is 9.42. The van der Waals surface area contributed by atoms with Crippen LogP contribution in [0.5, 0.6) is 0 Å². The molecular formula is C21H32O8S2. The molecule has 0 unspecified atom stereocenters. The van der Waals surface area contributed by atoms with Gasteiger partial charge in [-0.1, -0.05) is 36.4 Å². The van der Waals surface area contributed by atoms with Crippen LogP contribution in [0, 0.1) is 0 Å². The maximum Gasteiger partial charge on any atom is 0.294 e. The molecule has 0 radical (unpaired) electrons. The third-order valence-electron chi connectivity index (χ3n) is 3.66. The van der Waals surface area contributed by atoms with E-state index in [1.54, 1.807) is 64.1 Å². The van der Waals surface area contributed by atoms with Crippen molar-refractivity contribution in [3.8, 4) is 0 Å². The molecule has 10 heteroatoms. The van der Waals surface area contributed by atoms with E-state index in [9.17, 15) is 27.0 Å². The fourth-order valence-electron chi connectivity index (χ4n) is 2.14. The van der Waals surface area contributed by atoms with E-state index in [1.807, 2.05) is 0 Å². The van der Waals surface area contributed by atoms with Crippen LogP contribution < -0.4 is 0 Å². The van der Waals surface area contributed by atoms with Gasteiger partial charge in [0.25, 0.3) is 20.2 Å². The lowest BCUT2D eigenvalue weighted by Gasteiger charge is -2.21. The molecule has 0 spiro atoms. The van der Waals surface area contributed by atoms with E-state index < -0.39 is 31.4 Å². The summed E-state index contributed by atoms with van der Waals surface area (Å²) >= 11 is 0. The maximum absolute atomic E-state index is 10.4. The molecule has 8 nitrogen and oxygen atoms in total. The van der Waals surface area contributed by atoms with Crippen molar-refractivity contribution in [3.05, 3.63) is 60.7 Å². The van der Waals surface area contributed by atoms with Crippen molar-refractivity contribution >= 4 is 20.2 Å². The van der Waals surface area contributed by atoms with Crippen LogP contribution in [0.25, 0.3) is 0 Å². The van der Waals surface area contributed by atoms with Gasteiger partial charge in [0.1, 0.15) is 0 Å². The summed E-state index contributed by atoms with van der Waals surface area (Å²) in [6.07, 6.45) is 2.36. The van der Waals surface area contributed by atoms with Gasteiger partial charge in [0.05, 0.1) is 21.0 Å². The average molecular weight is 477 g/mol. The van der Waals surface area contributed by atoms with E-state index in [0.29, 0.717) is 0 Å². The van der Waals surface area contributed by atoms with Crippen LogP contribution >= 0.6 is 0 Å². The molecule has 0 fully saturated rings. The van der Waals surface area contributed by atoms with Gasteiger partial charge in [0, 0.05) is 0 Å². The van der Waals surface area contributed by atoms with Crippen molar-refractivity contribution in [2.24, 2.45) is 0 Å². The number of aliphatic hydroxyl groups is 2.